The van der Waals surface area contributed by atoms with Gasteiger partial charge in [0.05, 0.1) is 4.88 Å². The van der Waals surface area contributed by atoms with E-state index in [1.165, 1.54) is 37.0 Å². The average Bonchev–Trinajstić information content (AvgIpc) is 3.57. The lowest BCUT2D eigenvalue weighted by molar-refractivity contribution is -0.123. The molecule has 0 unspecified atom stereocenters. The lowest BCUT2D eigenvalue weighted by Gasteiger charge is -2.36. The summed E-state index contributed by atoms with van der Waals surface area (Å²) in [6.07, 6.45) is 7.64. The third-order valence-electron chi connectivity index (χ3n) is 7.43. The Hall–Kier alpha value is -2.41. The fourth-order valence-corrected chi connectivity index (χ4v) is 6.65. The molecule has 5 nitrogen and oxygen atoms in total. The minimum atomic E-state index is -0.740. The van der Waals surface area contributed by atoms with Gasteiger partial charge in [0.2, 0.25) is 5.91 Å². The van der Waals surface area contributed by atoms with Crippen LogP contribution < -0.4 is 10.6 Å². The number of halogens is 1. The van der Waals surface area contributed by atoms with Crippen LogP contribution in [0.1, 0.15) is 59.8 Å². The first-order chi connectivity index (χ1) is 17.1. The van der Waals surface area contributed by atoms with Crippen molar-refractivity contribution in [1.29, 1.82) is 0 Å². The van der Waals surface area contributed by atoms with Crippen LogP contribution in [0.4, 0.5) is 0 Å². The maximum absolute atomic E-state index is 13.3. The van der Waals surface area contributed by atoms with Crippen molar-refractivity contribution in [3.63, 3.8) is 0 Å². The van der Waals surface area contributed by atoms with Gasteiger partial charge in [0.1, 0.15) is 6.04 Å². The summed E-state index contributed by atoms with van der Waals surface area (Å²) >= 11 is 7.49. The van der Waals surface area contributed by atoms with Crippen molar-refractivity contribution >= 4 is 44.8 Å². The van der Waals surface area contributed by atoms with Crippen LogP contribution >= 0.6 is 22.9 Å². The Labute approximate surface area is 215 Å². The van der Waals surface area contributed by atoms with E-state index in [1.807, 2.05) is 54.6 Å². The molecule has 7 heteroatoms. The fourth-order valence-electron chi connectivity index (χ4n) is 5.40. The number of nitrogens with one attached hydrogen (secondary N) is 2. The van der Waals surface area contributed by atoms with Crippen molar-refractivity contribution in [3.05, 3.63) is 70.1 Å². The van der Waals surface area contributed by atoms with Crippen LogP contribution in [0, 0.1) is 5.92 Å². The lowest BCUT2D eigenvalue weighted by Crippen LogP contribution is -2.45. The second kappa shape index (κ2) is 11.1. The average molecular weight is 510 g/mol. The van der Waals surface area contributed by atoms with Crippen molar-refractivity contribution in [2.75, 3.05) is 19.6 Å². The number of likely N-dealkylation sites (tertiary alicyclic amines) is 1. The lowest BCUT2D eigenvalue weighted by atomic mass is 9.95. The Morgan fingerprint density at radius 3 is 2.49 bits per heavy atom. The molecule has 2 aromatic carbocycles. The van der Waals surface area contributed by atoms with E-state index in [0.717, 1.165) is 47.6 Å². The number of thiophene rings is 1. The molecule has 1 atom stereocenters. The van der Waals surface area contributed by atoms with E-state index in [2.05, 4.69) is 15.5 Å². The highest BCUT2D eigenvalue weighted by Crippen LogP contribution is 2.29. The third-order valence-corrected chi connectivity index (χ3v) is 8.76. The second-order valence-corrected chi connectivity index (χ2v) is 11.3. The first kappa shape index (κ1) is 24.3. The van der Waals surface area contributed by atoms with Crippen LogP contribution in [-0.4, -0.2) is 42.4 Å². The first-order valence-corrected chi connectivity index (χ1v) is 13.8. The zero-order chi connectivity index (χ0) is 24.2. The number of fused-ring (bicyclic) bond motifs is 1. The summed E-state index contributed by atoms with van der Waals surface area (Å²) in [5.74, 6) is 0.0687. The van der Waals surface area contributed by atoms with E-state index in [9.17, 15) is 9.59 Å². The van der Waals surface area contributed by atoms with E-state index < -0.39 is 6.04 Å². The number of hydrogen-bond acceptors (Lipinski definition) is 4. The van der Waals surface area contributed by atoms with Gasteiger partial charge in [-0.25, -0.2) is 0 Å². The highest BCUT2D eigenvalue weighted by molar-refractivity contribution is 7.20. The number of nitrogens with zero attached hydrogens (tertiary/aromatic N) is 1. The number of amides is 2. The smallest absolute Gasteiger partial charge is 0.262 e. The Bertz CT molecular complexity index is 1170. The number of carbonyl (C=O) groups excluding carboxylic acids is 2. The third kappa shape index (κ3) is 5.88. The normalized spacial score (nSPS) is 18.5. The van der Waals surface area contributed by atoms with Gasteiger partial charge in [0.15, 0.2) is 0 Å². The molecule has 2 aliphatic rings. The zero-order valence-corrected chi connectivity index (χ0v) is 21.4. The van der Waals surface area contributed by atoms with Crippen molar-refractivity contribution < 1.29 is 9.59 Å². The number of piperidine rings is 1. The van der Waals surface area contributed by atoms with Crippen LogP contribution in [-0.2, 0) is 4.79 Å². The molecule has 3 aromatic rings. The van der Waals surface area contributed by atoms with Gasteiger partial charge in [0.25, 0.3) is 5.91 Å². The van der Waals surface area contributed by atoms with Gasteiger partial charge in [-0.3, -0.25) is 9.59 Å². The highest BCUT2D eigenvalue weighted by atomic mass is 35.5. The standard InChI is InChI=1S/C28H32ClN3O2S/c29-22-11-10-21-16-25(35-24(21)17-22)27(33)31-26(20-6-2-1-3-7-20)28(34)30-18-19-12-14-32(15-13-19)23-8-4-5-9-23/h1-3,6-7,10-11,16-17,19,23,26H,4-5,8-9,12-15,18H2,(H,30,34)(H,31,33)/t26-/m1/s1. The van der Waals surface area contributed by atoms with Crippen molar-refractivity contribution in [1.82, 2.24) is 15.5 Å². The van der Waals surface area contributed by atoms with Gasteiger partial charge >= 0.3 is 0 Å². The molecule has 0 bridgehead atoms. The van der Waals surface area contributed by atoms with Crippen molar-refractivity contribution in [2.24, 2.45) is 5.92 Å². The predicted molar refractivity (Wildman–Crippen MR) is 143 cm³/mol. The summed E-state index contributed by atoms with van der Waals surface area (Å²) < 4.78 is 0.951. The molecule has 1 aliphatic heterocycles. The van der Waals surface area contributed by atoms with E-state index >= 15 is 0 Å². The highest BCUT2D eigenvalue weighted by Gasteiger charge is 2.29. The summed E-state index contributed by atoms with van der Waals surface area (Å²) in [5.41, 5.74) is 0.776. The molecule has 0 radical (unpaired) electrons. The summed E-state index contributed by atoms with van der Waals surface area (Å²) in [4.78, 5) is 29.6. The number of carbonyl (C=O) groups is 2. The van der Waals surface area contributed by atoms with E-state index in [0.29, 0.717) is 22.4 Å². The Balaban J connectivity index is 1.22. The maximum atomic E-state index is 13.3. The van der Waals surface area contributed by atoms with E-state index in [-0.39, 0.29) is 11.8 Å². The van der Waals surface area contributed by atoms with Gasteiger partial charge in [-0.15, -0.1) is 11.3 Å². The topological polar surface area (TPSA) is 61.4 Å². The van der Waals surface area contributed by atoms with Crippen molar-refractivity contribution in [2.45, 2.75) is 50.6 Å². The fraction of sp³-hybridized carbons (Fsp3) is 0.429. The van der Waals surface area contributed by atoms with Crippen LogP contribution in [0.5, 0.6) is 0 Å². The molecular formula is C28H32ClN3O2S. The quantitative estimate of drug-likeness (QED) is 0.423. The summed E-state index contributed by atoms with van der Waals surface area (Å²) in [5, 5.41) is 7.72. The Kier molecular flexibility index (Phi) is 7.71. The molecular weight excluding hydrogens is 478 g/mol. The first-order valence-electron chi connectivity index (χ1n) is 12.6. The molecule has 184 valence electrons. The number of hydrogen-bond donors (Lipinski definition) is 2. The SMILES string of the molecule is O=C(N[C@@H](C(=O)NCC1CCN(C2CCCC2)CC1)c1ccccc1)c1cc2ccc(Cl)cc2s1. The maximum Gasteiger partial charge on any atom is 0.262 e. The monoisotopic (exact) mass is 509 g/mol. The Morgan fingerprint density at radius 2 is 1.74 bits per heavy atom. The molecule has 0 spiro atoms. The zero-order valence-electron chi connectivity index (χ0n) is 19.8. The van der Waals surface area contributed by atoms with Crippen molar-refractivity contribution in [3.8, 4) is 0 Å². The molecule has 35 heavy (non-hydrogen) atoms. The van der Waals surface area contributed by atoms with E-state index in [4.69, 9.17) is 11.6 Å². The molecule has 1 aromatic heterocycles. The van der Waals surface area contributed by atoms with Gasteiger partial charge in [-0.1, -0.05) is 60.8 Å². The van der Waals surface area contributed by atoms with Crippen LogP contribution in [0.3, 0.4) is 0 Å². The van der Waals surface area contributed by atoms with Crippen LogP contribution in [0.2, 0.25) is 5.02 Å². The second-order valence-electron chi connectivity index (χ2n) is 9.77. The van der Waals surface area contributed by atoms with Gasteiger partial charge in [0, 0.05) is 22.3 Å². The summed E-state index contributed by atoms with van der Waals surface area (Å²) in [7, 11) is 0. The summed E-state index contributed by atoms with van der Waals surface area (Å²) in [6, 6.07) is 16.9. The molecule has 1 saturated carbocycles. The number of benzene rings is 2. The van der Waals surface area contributed by atoms with Crippen LogP contribution in [0.25, 0.3) is 10.1 Å². The molecule has 2 amide bonds. The summed E-state index contributed by atoms with van der Waals surface area (Å²) in [6.45, 7) is 2.90. The van der Waals surface area contributed by atoms with Gasteiger partial charge in [-0.05, 0) is 73.8 Å². The molecule has 2 fully saturated rings. The van der Waals surface area contributed by atoms with Crippen LogP contribution in [0.15, 0.2) is 54.6 Å². The van der Waals surface area contributed by atoms with E-state index in [1.54, 1.807) is 0 Å². The largest absolute Gasteiger partial charge is 0.354 e. The minimum Gasteiger partial charge on any atom is -0.354 e. The molecule has 2 heterocycles. The molecule has 2 N–H and O–H groups in total. The Morgan fingerprint density at radius 1 is 1.00 bits per heavy atom. The number of rotatable bonds is 7. The molecule has 1 saturated heterocycles. The molecule has 5 rings (SSSR count). The van der Waals surface area contributed by atoms with Gasteiger partial charge < -0.3 is 15.5 Å². The molecule has 1 aliphatic carbocycles. The minimum absolute atomic E-state index is 0.160. The van der Waals surface area contributed by atoms with Gasteiger partial charge in [-0.2, -0.15) is 0 Å². The predicted octanol–water partition coefficient (Wildman–Crippen LogP) is 5.80.